The van der Waals surface area contributed by atoms with Crippen molar-refractivity contribution >= 4 is 21.6 Å². The largest absolute Gasteiger partial charge is 0.324 e. The van der Waals surface area contributed by atoms with Crippen molar-refractivity contribution in [2.75, 3.05) is 11.9 Å². The molecule has 2 aromatic heterocycles. The molecule has 34 heavy (non-hydrogen) atoms. The van der Waals surface area contributed by atoms with Gasteiger partial charge in [0.05, 0.1) is 16.7 Å². The van der Waals surface area contributed by atoms with Gasteiger partial charge in [0.1, 0.15) is 6.54 Å². The minimum absolute atomic E-state index is 0.0272. The third-order valence-electron chi connectivity index (χ3n) is 5.47. The molecular formula is C23H24FN5O4S. The molecule has 1 aromatic carbocycles. The number of hydrogen-bond donors (Lipinski definition) is 2. The van der Waals surface area contributed by atoms with Gasteiger partial charge in [-0.25, -0.2) is 22.2 Å². The van der Waals surface area contributed by atoms with Gasteiger partial charge in [0.2, 0.25) is 15.9 Å². The molecule has 1 aliphatic rings. The van der Waals surface area contributed by atoms with Crippen molar-refractivity contribution in [3.8, 4) is 0 Å². The van der Waals surface area contributed by atoms with E-state index in [4.69, 9.17) is 0 Å². The molecule has 1 saturated carbocycles. The highest BCUT2D eigenvalue weighted by Crippen LogP contribution is 2.39. The predicted molar refractivity (Wildman–Crippen MR) is 123 cm³/mol. The number of nitrogens with zero attached hydrogens (tertiary/aromatic N) is 3. The van der Waals surface area contributed by atoms with Gasteiger partial charge in [-0.05, 0) is 55.5 Å². The highest BCUT2D eigenvalue weighted by Gasteiger charge is 2.30. The van der Waals surface area contributed by atoms with Crippen LogP contribution in [0.25, 0.3) is 0 Å². The first-order valence-corrected chi connectivity index (χ1v) is 12.3. The lowest BCUT2D eigenvalue weighted by molar-refractivity contribution is -0.117. The topological polar surface area (TPSA) is 123 Å². The average molecular weight is 486 g/mol. The fraction of sp³-hybridized carbons (Fsp3) is 0.304. The van der Waals surface area contributed by atoms with Crippen LogP contribution in [0.3, 0.4) is 0 Å². The molecule has 1 amide bonds. The highest BCUT2D eigenvalue weighted by atomic mass is 32.2. The second-order valence-electron chi connectivity index (χ2n) is 8.14. The molecule has 1 aliphatic carbocycles. The number of rotatable bonds is 9. The zero-order chi connectivity index (χ0) is 24.3. The van der Waals surface area contributed by atoms with E-state index in [1.54, 1.807) is 31.3 Å². The zero-order valence-corrected chi connectivity index (χ0v) is 19.3. The molecule has 9 nitrogen and oxygen atoms in total. The lowest BCUT2D eigenvalue weighted by Gasteiger charge is -2.12. The van der Waals surface area contributed by atoms with Crippen LogP contribution in [0.5, 0.6) is 0 Å². The van der Waals surface area contributed by atoms with E-state index in [0.29, 0.717) is 12.0 Å². The van der Waals surface area contributed by atoms with Crippen LogP contribution in [-0.4, -0.2) is 35.6 Å². The number of pyridine rings is 1. The Balaban J connectivity index is 1.44. The Morgan fingerprint density at radius 3 is 2.74 bits per heavy atom. The molecule has 0 atom stereocenters. The molecule has 11 heteroatoms. The van der Waals surface area contributed by atoms with E-state index in [-0.39, 0.29) is 28.6 Å². The van der Waals surface area contributed by atoms with Crippen LogP contribution in [0.2, 0.25) is 0 Å². The Hall–Kier alpha value is -3.44. The van der Waals surface area contributed by atoms with E-state index in [1.165, 1.54) is 6.07 Å². The highest BCUT2D eigenvalue weighted by molar-refractivity contribution is 7.89. The maximum Gasteiger partial charge on any atom is 0.273 e. The fourth-order valence-corrected chi connectivity index (χ4v) is 4.88. The van der Waals surface area contributed by atoms with Gasteiger partial charge in [-0.2, -0.15) is 5.10 Å². The summed E-state index contributed by atoms with van der Waals surface area (Å²) >= 11 is 0. The van der Waals surface area contributed by atoms with E-state index >= 15 is 0 Å². The van der Waals surface area contributed by atoms with E-state index < -0.39 is 33.9 Å². The SMILES string of the molecule is Cc1ccc(NC(=O)Cn2ncc(F)c(C3CC3)c2=O)cc1S(=O)(=O)NCCc1ccccn1. The zero-order valence-electron chi connectivity index (χ0n) is 18.5. The second kappa shape index (κ2) is 9.82. The smallest absolute Gasteiger partial charge is 0.273 e. The van der Waals surface area contributed by atoms with E-state index in [0.717, 1.165) is 29.4 Å². The summed E-state index contributed by atoms with van der Waals surface area (Å²) in [6.07, 6.45) is 4.48. The third-order valence-corrected chi connectivity index (χ3v) is 7.08. The average Bonchev–Trinajstić information content (AvgIpc) is 3.63. The molecule has 3 aromatic rings. The summed E-state index contributed by atoms with van der Waals surface area (Å²) in [5, 5.41) is 6.30. The third kappa shape index (κ3) is 5.54. The minimum atomic E-state index is -3.84. The number of carbonyl (C=O) groups excluding carboxylic acids is 1. The molecule has 1 fully saturated rings. The van der Waals surface area contributed by atoms with Gasteiger partial charge >= 0.3 is 0 Å². The minimum Gasteiger partial charge on any atom is -0.324 e. The first-order valence-electron chi connectivity index (χ1n) is 10.8. The number of amides is 1. The monoisotopic (exact) mass is 485 g/mol. The van der Waals surface area contributed by atoms with Gasteiger partial charge in [-0.1, -0.05) is 12.1 Å². The van der Waals surface area contributed by atoms with Crippen molar-refractivity contribution in [1.29, 1.82) is 0 Å². The standard InChI is InChI=1S/C23H24FN5O4S/c1-15-5-8-18(12-20(15)34(32,33)27-11-9-17-4-2-3-10-25-17)28-21(30)14-29-23(31)22(16-6-7-16)19(24)13-26-29/h2-5,8,10,12-13,16,27H,6-7,9,11,14H2,1H3,(H,28,30). The Bertz CT molecular complexity index is 1370. The van der Waals surface area contributed by atoms with Crippen molar-refractivity contribution in [3.63, 3.8) is 0 Å². The summed E-state index contributed by atoms with van der Waals surface area (Å²) in [4.78, 5) is 29.2. The summed E-state index contributed by atoms with van der Waals surface area (Å²) < 4.78 is 43.0. The van der Waals surface area contributed by atoms with E-state index in [2.05, 4.69) is 20.1 Å². The first-order chi connectivity index (χ1) is 16.2. The number of aryl methyl sites for hydroxylation is 1. The summed E-state index contributed by atoms with van der Waals surface area (Å²) in [6.45, 7) is 1.40. The van der Waals surface area contributed by atoms with Gasteiger partial charge in [0.25, 0.3) is 5.56 Å². The van der Waals surface area contributed by atoms with Gasteiger partial charge in [-0.15, -0.1) is 0 Å². The maximum atomic E-state index is 13.9. The van der Waals surface area contributed by atoms with Crippen molar-refractivity contribution < 1.29 is 17.6 Å². The molecule has 4 rings (SSSR count). The molecule has 0 radical (unpaired) electrons. The number of aromatic nitrogens is 3. The molecule has 0 bridgehead atoms. The molecule has 2 N–H and O–H groups in total. The van der Waals surface area contributed by atoms with Crippen LogP contribution < -0.4 is 15.6 Å². The van der Waals surface area contributed by atoms with Crippen molar-refractivity contribution in [1.82, 2.24) is 19.5 Å². The maximum absolute atomic E-state index is 13.9. The summed E-state index contributed by atoms with van der Waals surface area (Å²) in [7, 11) is -3.84. The van der Waals surface area contributed by atoms with Gasteiger partial charge in [0, 0.05) is 30.5 Å². The van der Waals surface area contributed by atoms with Crippen LogP contribution in [-0.2, 0) is 27.8 Å². The molecule has 178 valence electrons. The fourth-order valence-electron chi connectivity index (χ4n) is 3.58. The van der Waals surface area contributed by atoms with Crippen LogP contribution >= 0.6 is 0 Å². The van der Waals surface area contributed by atoms with E-state index in [9.17, 15) is 22.4 Å². The summed E-state index contributed by atoms with van der Waals surface area (Å²) in [5.41, 5.74) is 0.953. The van der Waals surface area contributed by atoms with Gasteiger partial charge < -0.3 is 5.32 Å². The number of carbonyl (C=O) groups is 1. The molecule has 0 aliphatic heterocycles. The summed E-state index contributed by atoms with van der Waals surface area (Å²) in [5.74, 6) is -1.37. The Kier molecular flexibility index (Phi) is 6.85. The molecule has 0 unspecified atom stereocenters. The van der Waals surface area contributed by atoms with Crippen LogP contribution in [0.4, 0.5) is 10.1 Å². The van der Waals surface area contributed by atoms with Gasteiger partial charge in [0.15, 0.2) is 5.82 Å². The van der Waals surface area contributed by atoms with Gasteiger partial charge in [-0.3, -0.25) is 14.6 Å². The number of halogens is 1. The Morgan fingerprint density at radius 1 is 1.24 bits per heavy atom. The summed E-state index contributed by atoms with van der Waals surface area (Å²) in [6, 6.07) is 9.92. The Labute approximate surface area is 196 Å². The number of anilines is 1. The molecular weight excluding hydrogens is 461 g/mol. The van der Waals surface area contributed by atoms with Crippen LogP contribution in [0.15, 0.2) is 58.5 Å². The van der Waals surface area contributed by atoms with Crippen molar-refractivity contribution in [3.05, 3.63) is 81.8 Å². The van der Waals surface area contributed by atoms with Crippen molar-refractivity contribution in [2.45, 2.75) is 43.5 Å². The first kappa shape index (κ1) is 23.7. The quantitative estimate of drug-likeness (QED) is 0.479. The Morgan fingerprint density at radius 2 is 2.03 bits per heavy atom. The molecule has 0 spiro atoms. The lowest BCUT2D eigenvalue weighted by Crippen LogP contribution is -2.32. The second-order valence-corrected chi connectivity index (χ2v) is 9.88. The predicted octanol–water partition coefficient (Wildman–Crippen LogP) is 2.12. The number of sulfonamides is 1. The number of nitrogens with one attached hydrogen (secondary N) is 2. The lowest BCUT2D eigenvalue weighted by atomic mass is 10.2. The van der Waals surface area contributed by atoms with E-state index in [1.807, 2.05) is 12.1 Å². The van der Waals surface area contributed by atoms with Crippen molar-refractivity contribution in [2.24, 2.45) is 0 Å². The normalized spacial score (nSPS) is 13.6. The number of hydrogen-bond acceptors (Lipinski definition) is 6. The molecule has 2 heterocycles. The van der Waals surface area contributed by atoms with Crippen LogP contribution in [0.1, 0.15) is 35.6 Å². The number of benzene rings is 1. The van der Waals surface area contributed by atoms with Crippen LogP contribution in [0, 0.1) is 12.7 Å². The molecule has 0 saturated heterocycles.